The van der Waals surface area contributed by atoms with Crippen LogP contribution in [-0.4, -0.2) is 32.4 Å². The lowest BCUT2D eigenvalue weighted by atomic mass is 9.93. The number of allylic oxidation sites excluding steroid dienone is 6. The molecule has 0 unspecified atom stereocenters. The van der Waals surface area contributed by atoms with Gasteiger partial charge in [0.1, 0.15) is 5.76 Å². The van der Waals surface area contributed by atoms with E-state index in [0.717, 1.165) is 6.08 Å². The highest BCUT2D eigenvalue weighted by atomic mass is 19.4. The predicted octanol–water partition coefficient (Wildman–Crippen LogP) is 5.15. The van der Waals surface area contributed by atoms with E-state index in [2.05, 4.69) is 6.58 Å². The van der Waals surface area contributed by atoms with E-state index in [4.69, 9.17) is 15.2 Å². The number of carbonyl (C=O) groups excluding carboxylic acids is 1. The summed E-state index contributed by atoms with van der Waals surface area (Å²) in [5.74, 6) is 0.142. The summed E-state index contributed by atoms with van der Waals surface area (Å²) in [5, 5.41) is 0. The fourth-order valence-electron chi connectivity index (χ4n) is 2.43. The molecule has 0 amide bonds. The van der Waals surface area contributed by atoms with E-state index in [1.807, 2.05) is 13.0 Å². The van der Waals surface area contributed by atoms with E-state index < -0.39 is 12.6 Å². The van der Waals surface area contributed by atoms with Crippen molar-refractivity contribution in [3.05, 3.63) is 59.4 Å². The number of ether oxygens (including phenoxy) is 2. The van der Waals surface area contributed by atoms with Crippen molar-refractivity contribution in [3.8, 4) is 0 Å². The molecular weight excluding hydrogens is 371 g/mol. The van der Waals surface area contributed by atoms with Crippen LogP contribution >= 0.6 is 0 Å². The van der Waals surface area contributed by atoms with Gasteiger partial charge in [0, 0.05) is 18.5 Å². The van der Waals surface area contributed by atoms with E-state index in [1.165, 1.54) is 13.2 Å². The fourth-order valence-corrected chi connectivity index (χ4v) is 2.43. The molecule has 0 saturated carbocycles. The Hall–Kier alpha value is -2.28. The first-order valence-corrected chi connectivity index (χ1v) is 9.13. The summed E-state index contributed by atoms with van der Waals surface area (Å²) in [7, 11) is 1.48. The third-order valence-corrected chi connectivity index (χ3v) is 3.60. The number of carbonyl (C=O) groups is 1. The van der Waals surface area contributed by atoms with E-state index >= 15 is 0 Å². The van der Waals surface area contributed by atoms with Gasteiger partial charge in [0.05, 0.1) is 20.1 Å². The highest BCUT2D eigenvalue weighted by Gasteiger charge is 2.26. The third kappa shape index (κ3) is 10.2. The van der Waals surface area contributed by atoms with Crippen molar-refractivity contribution < 1.29 is 27.4 Å². The van der Waals surface area contributed by atoms with Gasteiger partial charge >= 0.3 is 12.1 Å². The first kappa shape index (κ1) is 25.7. The largest absolute Gasteiger partial charge is 0.496 e. The van der Waals surface area contributed by atoms with Crippen LogP contribution < -0.4 is 5.73 Å². The molecule has 0 saturated heterocycles. The van der Waals surface area contributed by atoms with Crippen LogP contribution in [0.5, 0.6) is 0 Å². The SMILES string of the molecule is C=C/C=C(C(=C/CCC(=O)OCC)/C(=C\CC)OC)\C(=C/CC(F)(F)F)CN. The van der Waals surface area contributed by atoms with Crippen LogP contribution in [0.15, 0.2) is 59.4 Å². The lowest BCUT2D eigenvalue weighted by molar-refractivity contribution is -0.143. The number of hydrogen-bond donors (Lipinski definition) is 1. The van der Waals surface area contributed by atoms with Crippen molar-refractivity contribution in [2.45, 2.75) is 45.7 Å². The van der Waals surface area contributed by atoms with E-state index in [0.29, 0.717) is 35.3 Å². The summed E-state index contributed by atoms with van der Waals surface area (Å²) in [4.78, 5) is 11.6. The van der Waals surface area contributed by atoms with Crippen LogP contribution in [-0.2, 0) is 14.3 Å². The Bertz CT molecular complexity index is 629. The highest BCUT2D eigenvalue weighted by Crippen LogP contribution is 2.30. The van der Waals surface area contributed by atoms with Gasteiger partial charge in [-0.15, -0.1) is 0 Å². The van der Waals surface area contributed by atoms with Gasteiger partial charge in [-0.2, -0.15) is 13.2 Å². The summed E-state index contributed by atoms with van der Waals surface area (Å²) in [6, 6.07) is 0. The second kappa shape index (κ2) is 13.8. The van der Waals surface area contributed by atoms with Crippen molar-refractivity contribution in [3.63, 3.8) is 0 Å². The van der Waals surface area contributed by atoms with Gasteiger partial charge in [-0.05, 0) is 37.0 Å². The average molecular weight is 401 g/mol. The summed E-state index contributed by atoms with van der Waals surface area (Å²) in [5.41, 5.74) is 7.09. The number of esters is 1. The van der Waals surface area contributed by atoms with Gasteiger partial charge < -0.3 is 15.2 Å². The molecule has 0 aliphatic heterocycles. The number of methoxy groups -OCH3 is 1. The second-order valence-electron chi connectivity index (χ2n) is 5.71. The molecule has 158 valence electrons. The van der Waals surface area contributed by atoms with Crippen molar-refractivity contribution in [2.75, 3.05) is 20.3 Å². The Balaban J connectivity index is 6.06. The molecule has 0 fully saturated rings. The molecule has 0 atom stereocenters. The molecule has 2 N–H and O–H groups in total. The minimum atomic E-state index is -4.34. The molecule has 0 aromatic heterocycles. The zero-order valence-corrected chi connectivity index (χ0v) is 16.8. The first-order chi connectivity index (χ1) is 13.2. The molecule has 4 nitrogen and oxygen atoms in total. The number of halogens is 3. The lowest BCUT2D eigenvalue weighted by Crippen LogP contribution is -2.12. The van der Waals surface area contributed by atoms with Crippen LogP contribution in [0.4, 0.5) is 13.2 Å². The fraction of sp³-hybridized carbons (Fsp3) is 0.476. The zero-order chi connectivity index (χ0) is 21.6. The van der Waals surface area contributed by atoms with Gasteiger partial charge in [-0.25, -0.2) is 0 Å². The molecule has 0 aromatic carbocycles. The van der Waals surface area contributed by atoms with Gasteiger partial charge in [0.2, 0.25) is 0 Å². The molecule has 7 heteroatoms. The molecule has 28 heavy (non-hydrogen) atoms. The molecule has 0 aliphatic carbocycles. The molecular formula is C21H30F3NO3. The number of nitrogens with two attached hydrogens (primary N) is 1. The molecule has 0 rings (SSSR count). The minimum absolute atomic E-state index is 0.0892. The predicted molar refractivity (Wildman–Crippen MR) is 105 cm³/mol. The normalized spacial score (nSPS) is 14.1. The Morgan fingerprint density at radius 3 is 2.29 bits per heavy atom. The molecule has 0 bridgehead atoms. The van der Waals surface area contributed by atoms with Crippen molar-refractivity contribution in [1.82, 2.24) is 0 Å². The number of alkyl halides is 3. The smallest absolute Gasteiger partial charge is 0.392 e. The Morgan fingerprint density at radius 1 is 1.14 bits per heavy atom. The van der Waals surface area contributed by atoms with Gasteiger partial charge in [0.15, 0.2) is 0 Å². The van der Waals surface area contributed by atoms with Crippen molar-refractivity contribution in [1.29, 1.82) is 0 Å². The molecule has 0 radical (unpaired) electrons. The monoisotopic (exact) mass is 401 g/mol. The molecule has 0 spiro atoms. The van der Waals surface area contributed by atoms with Gasteiger partial charge in [0.25, 0.3) is 0 Å². The molecule has 0 aliphatic rings. The number of hydrogen-bond acceptors (Lipinski definition) is 4. The van der Waals surface area contributed by atoms with E-state index in [1.54, 1.807) is 19.1 Å². The standard InChI is InChI=1S/C21H30F3NO3/c1-5-9-17(16(15-25)13-14-21(22,23)24)18(19(27-4)10-6-2)11-8-12-20(26)28-7-3/h5,9-11,13H,1,6-8,12,14-15,25H2,2-4H3/b16-13-,17-9+,18-11-,19-10+. The topological polar surface area (TPSA) is 61.5 Å². The average Bonchev–Trinajstić information content (AvgIpc) is 2.63. The quantitative estimate of drug-likeness (QED) is 0.279. The van der Waals surface area contributed by atoms with Gasteiger partial charge in [-0.1, -0.05) is 37.8 Å². The first-order valence-electron chi connectivity index (χ1n) is 9.13. The third-order valence-electron chi connectivity index (χ3n) is 3.60. The Kier molecular flexibility index (Phi) is 12.7. The Morgan fingerprint density at radius 2 is 1.82 bits per heavy atom. The molecule has 0 heterocycles. The minimum Gasteiger partial charge on any atom is -0.496 e. The van der Waals surface area contributed by atoms with Crippen LogP contribution in [0, 0.1) is 0 Å². The van der Waals surface area contributed by atoms with E-state index in [-0.39, 0.29) is 25.5 Å². The van der Waals surface area contributed by atoms with Gasteiger partial charge in [-0.3, -0.25) is 4.79 Å². The maximum Gasteiger partial charge on any atom is 0.392 e. The van der Waals surface area contributed by atoms with Crippen LogP contribution in [0.1, 0.15) is 39.5 Å². The van der Waals surface area contributed by atoms with E-state index in [9.17, 15) is 18.0 Å². The molecule has 0 aromatic rings. The summed E-state index contributed by atoms with van der Waals surface area (Å²) in [6.07, 6.45) is 3.40. The summed E-state index contributed by atoms with van der Waals surface area (Å²) >= 11 is 0. The highest BCUT2D eigenvalue weighted by molar-refractivity contribution is 5.69. The summed E-state index contributed by atoms with van der Waals surface area (Å²) in [6.45, 7) is 7.47. The second-order valence-corrected chi connectivity index (χ2v) is 5.71. The lowest BCUT2D eigenvalue weighted by Gasteiger charge is -2.18. The Labute approximate surface area is 165 Å². The van der Waals surface area contributed by atoms with Crippen molar-refractivity contribution in [2.24, 2.45) is 5.73 Å². The maximum atomic E-state index is 12.7. The summed E-state index contributed by atoms with van der Waals surface area (Å²) < 4.78 is 48.4. The van der Waals surface area contributed by atoms with Crippen LogP contribution in [0.2, 0.25) is 0 Å². The zero-order valence-electron chi connectivity index (χ0n) is 16.8. The number of rotatable bonds is 12. The van der Waals surface area contributed by atoms with Crippen LogP contribution in [0.25, 0.3) is 0 Å². The van der Waals surface area contributed by atoms with Crippen LogP contribution in [0.3, 0.4) is 0 Å². The maximum absolute atomic E-state index is 12.7. The van der Waals surface area contributed by atoms with Crippen molar-refractivity contribution >= 4 is 5.97 Å².